The summed E-state index contributed by atoms with van der Waals surface area (Å²) >= 11 is 1.56. The van der Waals surface area contributed by atoms with E-state index < -0.39 is 10.0 Å². The summed E-state index contributed by atoms with van der Waals surface area (Å²) in [6.07, 6.45) is 0. The molecule has 3 aromatic rings. The van der Waals surface area contributed by atoms with Crippen molar-refractivity contribution in [2.24, 2.45) is 0 Å². The lowest BCUT2D eigenvalue weighted by atomic mass is 10.2. The van der Waals surface area contributed by atoms with Crippen LogP contribution in [-0.2, 0) is 15.8 Å². The Morgan fingerprint density at radius 2 is 1.82 bits per heavy atom. The van der Waals surface area contributed by atoms with E-state index in [0.717, 1.165) is 10.4 Å². The van der Waals surface area contributed by atoms with E-state index in [2.05, 4.69) is 15.1 Å². The Kier molecular flexibility index (Phi) is 5.58. The van der Waals surface area contributed by atoms with Gasteiger partial charge >= 0.3 is 0 Å². The second-order valence-corrected chi connectivity index (χ2v) is 9.69. The van der Waals surface area contributed by atoms with Crippen molar-refractivity contribution in [1.82, 2.24) is 19.4 Å². The van der Waals surface area contributed by atoms with Crippen LogP contribution < -0.4 is 0 Å². The number of aromatic nitrogens is 2. The van der Waals surface area contributed by atoms with Crippen molar-refractivity contribution in [2.75, 3.05) is 26.2 Å². The van der Waals surface area contributed by atoms with E-state index >= 15 is 0 Å². The predicted octanol–water partition coefficient (Wildman–Crippen LogP) is 3.01. The van der Waals surface area contributed by atoms with E-state index in [0.29, 0.717) is 38.0 Å². The molecule has 0 N–H and O–H groups in total. The van der Waals surface area contributed by atoms with Gasteiger partial charge in [-0.15, -0.1) is 21.5 Å². The van der Waals surface area contributed by atoms with Crippen LogP contribution in [0.5, 0.6) is 0 Å². The summed E-state index contributed by atoms with van der Waals surface area (Å²) in [5.74, 6) is 1.13. The third-order valence-corrected chi connectivity index (χ3v) is 7.64. The third kappa shape index (κ3) is 4.17. The number of rotatable bonds is 6. The van der Waals surface area contributed by atoms with Crippen molar-refractivity contribution in [3.8, 4) is 10.8 Å². The molecule has 9 heteroatoms. The number of benzene rings is 1. The summed E-state index contributed by atoms with van der Waals surface area (Å²) in [6.45, 7) is 4.20. The first-order valence-corrected chi connectivity index (χ1v) is 11.6. The van der Waals surface area contributed by atoms with Gasteiger partial charge in [-0.3, -0.25) is 4.90 Å². The summed E-state index contributed by atoms with van der Waals surface area (Å²) < 4.78 is 32.8. The maximum atomic E-state index is 12.7. The fourth-order valence-corrected chi connectivity index (χ4v) is 5.46. The monoisotopic (exact) mass is 418 g/mol. The van der Waals surface area contributed by atoms with Gasteiger partial charge in [-0.25, -0.2) is 8.42 Å². The lowest BCUT2D eigenvalue weighted by Gasteiger charge is -2.36. The Bertz CT molecular complexity index is 995. The number of sulfonamides is 1. The normalized spacial score (nSPS) is 17.6. The van der Waals surface area contributed by atoms with E-state index in [1.165, 1.54) is 0 Å². The second kappa shape index (κ2) is 8.12. The van der Waals surface area contributed by atoms with Crippen molar-refractivity contribution in [3.63, 3.8) is 0 Å². The highest BCUT2D eigenvalue weighted by Gasteiger charge is 2.31. The molecule has 3 heterocycles. The maximum absolute atomic E-state index is 12.7. The standard InChI is InChI=1S/C19H22N4O3S2/c1-15(18-20-21-19(26-18)17-8-5-13-27-17)22-9-11-23(12-10-22)28(24,25)14-16-6-3-2-4-7-16/h2-8,13,15H,9-12,14H2,1H3/t15-/m0/s1. The minimum absolute atomic E-state index is 0.0389. The fourth-order valence-electron chi connectivity index (χ4n) is 3.30. The van der Waals surface area contributed by atoms with Crippen LogP contribution in [0.15, 0.2) is 52.3 Å². The molecule has 1 saturated heterocycles. The Morgan fingerprint density at radius 1 is 1.07 bits per heavy atom. The topological polar surface area (TPSA) is 79.5 Å². The molecule has 0 spiro atoms. The van der Waals surface area contributed by atoms with Gasteiger partial charge in [0.15, 0.2) is 0 Å². The number of thiophene rings is 1. The van der Waals surface area contributed by atoms with E-state index in [1.807, 2.05) is 54.8 Å². The lowest BCUT2D eigenvalue weighted by molar-refractivity contribution is 0.129. The zero-order chi connectivity index (χ0) is 19.6. The number of nitrogens with zero attached hydrogens (tertiary/aromatic N) is 4. The van der Waals surface area contributed by atoms with Crippen LogP contribution in [0.2, 0.25) is 0 Å². The fraction of sp³-hybridized carbons (Fsp3) is 0.368. The number of hydrogen-bond donors (Lipinski definition) is 0. The summed E-state index contributed by atoms with van der Waals surface area (Å²) in [5.41, 5.74) is 0.810. The molecule has 0 radical (unpaired) electrons. The zero-order valence-electron chi connectivity index (χ0n) is 15.6. The minimum Gasteiger partial charge on any atom is -0.418 e. The number of hydrogen-bond acceptors (Lipinski definition) is 7. The van der Waals surface area contributed by atoms with Gasteiger partial charge in [0.2, 0.25) is 15.9 Å². The van der Waals surface area contributed by atoms with E-state index in [9.17, 15) is 8.42 Å². The van der Waals surface area contributed by atoms with Crippen LogP contribution in [-0.4, -0.2) is 54.0 Å². The smallest absolute Gasteiger partial charge is 0.257 e. The molecule has 1 fully saturated rings. The Hall–Kier alpha value is -2.07. The molecule has 1 aliphatic heterocycles. The highest BCUT2D eigenvalue weighted by molar-refractivity contribution is 7.88. The first-order valence-electron chi connectivity index (χ1n) is 9.16. The molecule has 0 amide bonds. The van der Waals surface area contributed by atoms with Gasteiger partial charge in [-0.2, -0.15) is 4.31 Å². The largest absolute Gasteiger partial charge is 0.418 e. The van der Waals surface area contributed by atoms with Crippen LogP contribution in [0, 0.1) is 0 Å². The van der Waals surface area contributed by atoms with Crippen molar-refractivity contribution in [3.05, 3.63) is 59.3 Å². The first kappa shape index (κ1) is 19.3. The average molecular weight is 419 g/mol. The summed E-state index contributed by atoms with van der Waals surface area (Å²) in [4.78, 5) is 3.13. The molecular formula is C19H22N4O3S2. The van der Waals surface area contributed by atoms with Crippen molar-refractivity contribution >= 4 is 21.4 Å². The SMILES string of the molecule is C[C@@H](c1nnc(-c2cccs2)o1)N1CCN(S(=O)(=O)Cc2ccccc2)CC1. The molecular weight excluding hydrogens is 396 g/mol. The Balaban J connectivity index is 1.37. The molecule has 2 aromatic heterocycles. The molecule has 4 rings (SSSR count). The Morgan fingerprint density at radius 3 is 2.50 bits per heavy atom. The minimum atomic E-state index is -3.32. The van der Waals surface area contributed by atoms with Gasteiger partial charge in [-0.05, 0) is 23.9 Å². The molecule has 1 aliphatic rings. The van der Waals surface area contributed by atoms with Crippen LogP contribution >= 0.6 is 11.3 Å². The van der Waals surface area contributed by atoms with Gasteiger partial charge in [0.1, 0.15) is 0 Å². The molecule has 0 saturated carbocycles. The van der Waals surface area contributed by atoms with Gasteiger partial charge < -0.3 is 4.42 Å². The van der Waals surface area contributed by atoms with Crippen LogP contribution in [0.3, 0.4) is 0 Å². The maximum Gasteiger partial charge on any atom is 0.257 e. The van der Waals surface area contributed by atoms with Gasteiger partial charge in [-0.1, -0.05) is 36.4 Å². The Labute approximate surface area is 168 Å². The van der Waals surface area contributed by atoms with Gasteiger partial charge in [0, 0.05) is 26.2 Å². The average Bonchev–Trinajstić information content (AvgIpc) is 3.40. The van der Waals surface area contributed by atoms with Gasteiger partial charge in [0.05, 0.1) is 16.7 Å². The van der Waals surface area contributed by atoms with Crippen LogP contribution in [0.1, 0.15) is 24.4 Å². The quantitative estimate of drug-likeness (QED) is 0.612. The first-order chi connectivity index (χ1) is 13.5. The summed E-state index contributed by atoms with van der Waals surface area (Å²) in [6, 6.07) is 13.1. The van der Waals surface area contributed by atoms with E-state index in [-0.39, 0.29) is 11.8 Å². The molecule has 7 nitrogen and oxygen atoms in total. The van der Waals surface area contributed by atoms with Crippen molar-refractivity contribution < 1.29 is 12.8 Å². The predicted molar refractivity (Wildman–Crippen MR) is 108 cm³/mol. The highest BCUT2D eigenvalue weighted by Crippen LogP contribution is 2.27. The molecule has 28 heavy (non-hydrogen) atoms. The highest BCUT2D eigenvalue weighted by atomic mass is 32.2. The molecule has 1 aromatic carbocycles. The van der Waals surface area contributed by atoms with Gasteiger partial charge in [0.25, 0.3) is 5.89 Å². The second-order valence-electron chi connectivity index (χ2n) is 6.78. The summed E-state index contributed by atoms with van der Waals surface area (Å²) in [7, 11) is -3.32. The van der Waals surface area contributed by atoms with Crippen molar-refractivity contribution in [2.45, 2.75) is 18.7 Å². The molecule has 0 aliphatic carbocycles. The van der Waals surface area contributed by atoms with Crippen LogP contribution in [0.25, 0.3) is 10.8 Å². The number of piperazine rings is 1. The molecule has 0 unspecified atom stereocenters. The zero-order valence-corrected chi connectivity index (χ0v) is 17.2. The molecule has 148 valence electrons. The summed E-state index contributed by atoms with van der Waals surface area (Å²) in [5, 5.41) is 10.3. The van der Waals surface area contributed by atoms with E-state index in [4.69, 9.17) is 4.42 Å². The molecule has 1 atom stereocenters. The third-order valence-electron chi connectivity index (χ3n) is 4.94. The van der Waals surface area contributed by atoms with E-state index in [1.54, 1.807) is 15.6 Å². The lowest BCUT2D eigenvalue weighted by Crippen LogP contribution is -2.49. The molecule has 0 bridgehead atoms. The van der Waals surface area contributed by atoms with Crippen LogP contribution in [0.4, 0.5) is 0 Å². The van der Waals surface area contributed by atoms with Crippen molar-refractivity contribution in [1.29, 1.82) is 0 Å².